The van der Waals surface area contributed by atoms with Crippen LogP contribution in [0.3, 0.4) is 0 Å². The summed E-state index contributed by atoms with van der Waals surface area (Å²) in [5.41, 5.74) is 6.18. The van der Waals surface area contributed by atoms with Crippen LogP contribution in [-0.4, -0.2) is 45.6 Å². The second kappa shape index (κ2) is 9.34. The Hall–Kier alpha value is -3.84. The molecule has 7 nitrogen and oxygen atoms in total. The minimum atomic E-state index is 0.739. The zero-order valence-electron chi connectivity index (χ0n) is 18.7. The Kier molecular flexibility index (Phi) is 5.95. The van der Waals surface area contributed by atoms with Crippen molar-refractivity contribution < 1.29 is 9.47 Å². The molecule has 3 aromatic heterocycles. The molecule has 0 N–H and O–H groups in total. The number of methoxy groups -OCH3 is 2. The van der Waals surface area contributed by atoms with Gasteiger partial charge in [0.25, 0.3) is 0 Å². The van der Waals surface area contributed by atoms with Crippen LogP contribution >= 0.6 is 0 Å². The fourth-order valence-electron chi connectivity index (χ4n) is 4.09. The standard InChI is InChI=1S/C26H25N5O2/c1-32-21-6-8-25(33-2)22(12-21)24-7-5-18(13-28-24)16-31-11-9-23-20(17-31)15-29-26(30-23)19-4-3-10-27-14-19/h3-8,10,12-15H,9,11,16-17H2,1-2H3. The van der Waals surface area contributed by atoms with Gasteiger partial charge in [0.1, 0.15) is 11.5 Å². The quantitative estimate of drug-likeness (QED) is 0.446. The van der Waals surface area contributed by atoms with E-state index in [4.69, 9.17) is 19.4 Å². The molecule has 0 aliphatic carbocycles. The summed E-state index contributed by atoms with van der Waals surface area (Å²) < 4.78 is 10.9. The van der Waals surface area contributed by atoms with Crippen LogP contribution in [0.5, 0.6) is 11.5 Å². The lowest BCUT2D eigenvalue weighted by Gasteiger charge is -2.28. The molecule has 0 fully saturated rings. The van der Waals surface area contributed by atoms with Crippen LogP contribution in [-0.2, 0) is 19.5 Å². The van der Waals surface area contributed by atoms with Crippen LogP contribution in [0, 0.1) is 0 Å². The molecule has 1 aliphatic rings. The molecule has 166 valence electrons. The summed E-state index contributed by atoms with van der Waals surface area (Å²) in [5, 5.41) is 0. The van der Waals surface area contributed by atoms with Gasteiger partial charge >= 0.3 is 0 Å². The van der Waals surface area contributed by atoms with E-state index in [2.05, 4.69) is 20.9 Å². The summed E-state index contributed by atoms with van der Waals surface area (Å²) in [6.45, 7) is 2.60. The molecule has 0 unspecified atom stereocenters. The van der Waals surface area contributed by atoms with Gasteiger partial charge in [0.15, 0.2) is 5.82 Å². The fourth-order valence-corrected chi connectivity index (χ4v) is 4.09. The Labute approximate surface area is 193 Å². The molecule has 0 atom stereocenters. The highest BCUT2D eigenvalue weighted by molar-refractivity contribution is 5.69. The average Bonchev–Trinajstić information content (AvgIpc) is 2.89. The Morgan fingerprint density at radius 1 is 0.970 bits per heavy atom. The fraction of sp³-hybridized carbons (Fsp3) is 0.231. The van der Waals surface area contributed by atoms with Crippen molar-refractivity contribution in [2.75, 3.05) is 20.8 Å². The van der Waals surface area contributed by atoms with Crippen molar-refractivity contribution in [3.63, 3.8) is 0 Å². The first kappa shape index (κ1) is 21.0. The van der Waals surface area contributed by atoms with E-state index in [0.29, 0.717) is 0 Å². The van der Waals surface area contributed by atoms with Gasteiger partial charge in [-0.05, 0) is 42.0 Å². The van der Waals surface area contributed by atoms with Crippen molar-refractivity contribution in [3.8, 4) is 34.1 Å². The highest BCUT2D eigenvalue weighted by atomic mass is 16.5. The second-order valence-electron chi connectivity index (χ2n) is 7.99. The molecular weight excluding hydrogens is 414 g/mol. The van der Waals surface area contributed by atoms with E-state index in [9.17, 15) is 0 Å². The molecule has 0 radical (unpaired) electrons. The van der Waals surface area contributed by atoms with Gasteiger partial charge in [0.2, 0.25) is 0 Å². The number of nitrogens with zero attached hydrogens (tertiary/aromatic N) is 5. The van der Waals surface area contributed by atoms with Crippen LogP contribution in [0.15, 0.2) is 67.3 Å². The SMILES string of the molecule is COc1ccc(OC)c(-c2ccc(CN3CCc4nc(-c5cccnc5)ncc4C3)cn2)c1. The van der Waals surface area contributed by atoms with E-state index in [1.807, 2.05) is 48.8 Å². The predicted molar refractivity (Wildman–Crippen MR) is 126 cm³/mol. The molecule has 5 rings (SSSR count). The third-order valence-electron chi connectivity index (χ3n) is 5.85. The lowest BCUT2D eigenvalue weighted by Crippen LogP contribution is -2.31. The summed E-state index contributed by atoms with van der Waals surface area (Å²) in [5.74, 6) is 2.29. The zero-order chi connectivity index (χ0) is 22.6. The molecule has 0 saturated carbocycles. The molecule has 0 saturated heterocycles. The summed E-state index contributed by atoms with van der Waals surface area (Å²) in [6.07, 6.45) is 8.35. The van der Waals surface area contributed by atoms with Crippen molar-refractivity contribution in [1.82, 2.24) is 24.8 Å². The molecule has 1 aliphatic heterocycles. The number of hydrogen-bond donors (Lipinski definition) is 0. The van der Waals surface area contributed by atoms with Gasteiger partial charge in [-0.1, -0.05) is 6.07 Å². The van der Waals surface area contributed by atoms with Gasteiger partial charge in [-0.25, -0.2) is 9.97 Å². The van der Waals surface area contributed by atoms with Crippen LogP contribution in [0.25, 0.3) is 22.6 Å². The van der Waals surface area contributed by atoms with Crippen molar-refractivity contribution >= 4 is 0 Å². The molecule has 0 amide bonds. The van der Waals surface area contributed by atoms with Crippen LogP contribution < -0.4 is 9.47 Å². The van der Waals surface area contributed by atoms with Gasteiger partial charge in [-0.15, -0.1) is 0 Å². The first-order valence-corrected chi connectivity index (χ1v) is 10.9. The number of hydrogen-bond acceptors (Lipinski definition) is 7. The lowest BCUT2D eigenvalue weighted by atomic mass is 10.1. The van der Waals surface area contributed by atoms with Gasteiger partial charge in [-0.2, -0.15) is 0 Å². The van der Waals surface area contributed by atoms with Crippen molar-refractivity contribution in [2.45, 2.75) is 19.5 Å². The van der Waals surface area contributed by atoms with Crippen molar-refractivity contribution in [3.05, 3.63) is 84.1 Å². The van der Waals surface area contributed by atoms with Crippen LogP contribution in [0.2, 0.25) is 0 Å². The average molecular weight is 440 g/mol. The number of rotatable bonds is 6. The predicted octanol–water partition coefficient (Wildman–Crippen LogP) is 4.18. The maximum atomic E-state index is 5.50. The molecule has 33 heavy (non-hydrogen) atoms. The minimum Gasteiger partial charge on any atom is -0.497 e. The number of pyridine rings is 2. The molecule has 7 heteroatoms. The highest BCUT2D eigenvalue weighted by Gasteiger charge is 2.19. The zero-order valence-corrected chi connectivity index (χ0v) is 18.7. The maximum absolute atomic E-state index is 5.50. The minimum absolute atomic E-state index is 0.739. The normalized spacial score (nSPS) is 13.4. The molecule has 4 heterocycles. The highest BCUT2D eigenvalue weighted by Crippen LogP contribution is 2.32. The second-order valence-corrected chi connectivity index (χ2v) is 7.99. The number of ether oxygens (including phenoxy) is 2. The molecular formula is C26H25N5O2. The molecule has 4 aromatic rings. The maximum Gasteiger partial charge on any atom is 0.160 e. The van der Waals surface area contributed by atoms with E-state index >= 15 is 0 Å². The monoisotopic (exact) mass is 439 g/mol. The summed E-state index contributed by atoms with van der Waals surface area (Å²) in [4.78, 5) is 20.6. The molecule has 0 spiro atoms. The van der Waals surface area contributed by atoms with Gasteiger partial charge < -0.3 is 9.47 Å². The molecule has 1 aromatic carbocycles. The van der Waals surface area contributed by atoms with E-state index in [0.717, 1.165) is 71.5 Å². The van der Waals surface area contributed by atoms with Crippen LogP contribution in [0.4, 0.5) is 0 Å². The van der Waals surface area contributed by atoms with Gasteiger partial charge in [0.05, 0.1) is 25.6 Å². The Bertz CT molecular complexity index is 1250. The lowest BCUT2D eigenvalue weighted by molar-refractivity contribution is 0.242. The van der Waals surface area contributed by atoms with Gasteiger partial charge in [0, 0.05) is 67.5 Å². The number of fused-ring (bicyclic) bond motifs is 1. The van der Waals surface area contributed by atoms with E-state index in [-0.39, 0.29) is 0 Å². The summed E-state index contributed by atoms with van der Waals surface area (Å²) in [7, 11) is 3.32. The van der Waals surface area contributed by atoms with E-state index in [1.165, 1.54) is 5.56 Å². The Morgan fingerprint density at radius 2 is 1.91 bits per heavy atom. The number of aromatic nitrogens is 4. The van der Waals surface area contributed by atoms with E-state index < -0.39 is 0 Å². The third-order valence-corrected chi connectivity index (χ3v) is 5.85. The van der Waals surface area contributed by atoms with Crippen LogP contribution in [0.1, 0.15) is 16.8 Å². The van der Waals surface area contributed by atoms with Crippen molar-refractivity contribution in [2.24, 2.45) is 0 Å². The first-order chi connectivity index (χ1) is 16.2. The summed E-state index contributed by atoms with van der Waals surface area (Å²) in [6, 6.07) is 13.8. The topological polar surface area (TPSA) is 73.3 Å². The first-order valence-electron chi connectivity index (χ1n) is 10.9. The van der Waals surface area contributed by atoms with Crippen molar-refractivity contribution in [1.29, 1.82) is 0 Å². The summed E-state index contributed by atoms with van der Waals surface area (Å²) >= 11 is 0. The third kappa shape index (κ3) is 4.54. The largest absolute Gasteiger partial charge is 0.497 e. The van der Waals surface area contributed by atoms with E-state index in [1.54, 1.807) is 26.6 Å². The molecule has 0 bridgehead atoms. The Balaban J connectivity index is 1.29. The van der Waals surface area contributed by atoms with Gasteiger partial charge in [-0.3, -0.25) is 14.9 Å². The smallest absolute Gasteiger partial charge is 0.160 e. The Morgan fingerprint density at radius 3 is 2.67 bits per heavy atom. The number of benzene rings is 1.